The lowest BCUT2D eigenvalue weighted by Crippen LogP contribution is -2.66. The third-order valence-electron chi connectivity index (χ3n) is 3.46. The highest BCUT2D eigenvalue weighted by Crippen LogP contribution is 2.35. The molecule has 1 heterocycles. The smallest absolute Gasteiger partial charge is 0.259 e. The number of rotatable bonds is 4. The minimum absolute atomic E-state index is 0.105. The van der Waals surface area contributed by atoms with Crippen LogP contribution < -0.4 is 5.73 Å². The molecule has 5 nitrogen and oxygen atoms in total. The van der Waals surface area contributed by atoms with Crippen molar-refractivity contribution in [2.75, 3.05) is 6.54 Å². The molecule has 2 rings (SSSR count). The fourth-order valence-corrected chi connectivity index (χ4v) is 3.57. The molecule has 0 aromatic heterocycles. The first-order valence-electron chi connectivity index (χ1n) is 6.15. The van der Waals surface area contributed by atoms with Gasteiger partial charge >= 0.3 is 0 Å². The van der Waals surface area contributed by atoms with E-state index in [-0.39, 0.29) is 12.5 Å². The van der Waals surface area contributed by atoms with E-state index in [2.05, 4.69) is 0 Å². The lowest BCUT2D eigenvalue weighted by atomic mass is 10.1. The highest BCUT2D eigenvalue weighted by molar-refractivity contribution is 7.94. The molecule has 0 atom stereocenters. The zero-order valence-electron chi connectivity index (χ0n) is 11.1. The lowest BCUT2D eigenvalue weighted by Gasteiger charge is -2.43. The summed E-state index contributed by atoms with van der Waals surface area (Å²) in [6.07, 6.45) is 0.786. The molecule has 1 fully saturated rings. The van der Waals surface area contributed by atoms with Crippen LogP contribution in [0.3, 0.4) is 0 Å². The summed E-state index contributed by atoms with van der Waals surface area (Å²) in [5.41, 5.74) is 7.36. The van der Waals surface area contributed by atoms with Gasteiger partial charge in [-0.1, -0.05) is 24.3 Å². The minimum atomic E-state index is -3.50. The Bertz CT molecular complexity index is 591. The molecule has 0 spiro atoms. The summed E-state index contributed by atoms with van der Waals surface area (Å²) in [6, 6.07) is 7.48. The van der Waals surface area contributed by atoms with E-state index in [4.69, 9.17) is 5.73 Å². The SMILES string of the molecule is CC1(C)C(=O)N(Cc2ccc(CCN)cc2)S1(=O)=O. The number of hydrogen-bond donors (Lipinski definition) is 1. The summed E-state index contributed by atoms with van der Waals surface area (Å²) < 4.78 is 23.5. The van der Waals surface area contributed by atoms with Gasteiger partial charge in [-0.25, -0.2) is 12.7 Å². The molecule has 1 aliphatic heterocycles. The first-order valence-corrected chi connectivity index (χ1v) is 7.59. The Morgan fingerprint density at radius 1 is 1.16 bits per heavy atom. The van der Waals surface area contributed by atoms with E-state index in [1.54, 1.807) is 0 Å². The van der Waals surface area contributed by atoms with Crippen LogP contribution in [0, 0.1) is 0 Å². The van der Waals surface area contributed by atoms with Crippen molar-refractivity contribution in [3.63, 3.8) is 0 Å². The fourth-order valence-electron chi connectivity index (χ4n) is 2.06. The van der Waals surface area contributed by atoms with E-state index in [0.717, 1.165) is 21.9 Å². The molecule has 1 aromatic rings. The van der Waals surface area contributed by atoms with Crippen molar-refractivity contribution < 1.29 is 13.2 Å². The van der Waals surface area contributed by atoms with E-state index in [1.165, 1.54) is 13.8 Å². The van der Waals surface area contributed by atoms with Gasteiger partial charge in [0.15, 0.2) is 4.75 Å². The summed E-state index contributed by atoms with van der Waals surface area (Å²) in [5.74, 6) is -0.349. The third-order valence-corrected chi connectivity index (χ3v) is 5.80. The zero-order valence-corrected chi connectivity index (χ0v) is 11.9. The van der Waals surface area contributed by atoms with E-state index in [1.807, 2.05) is 24.3 Å². The number of amides is 1. The summed E-state index contributed by atoms with van der Waals surface area (Å²) in [7, 11) is -3.50. The molecule has 0 unspecified atom stereocenters. The summed E-state index contributed by atoms with van der Waals surface area (Å²) >= 11 is 0. The van der Waals surface area contributed by atoms with E-state index in [9.17, 15) is 13.2 Å². The van der Waals surface area contributed by atoms with Gasteiger partial charge in [-0.15, -0.1) is 0 Å². The average molecular weight is 282 g/mol. The van der Waals surface area contributed by atoms with Gasteiger partial charge < -0.3 is 5.73 Å². The van der Waals surface area contributed by atoms with Crippen LogP contribution in [0.5, 0.6) is 0 Å². The maximum absolute atomic E-state index is 11.9. The van der Waals surface area contributed by atoms with Crippen molar-refractivity contribution in [3.8, 4) is 0 Å². The molecule has 1 saturated heterocycles. The van der Waals surface area contributed by atoms with Crippen LogP contribution in [-0.4, -0.2) is 29.9 Å². The lowest BCUT2D eigenvalue weighted by molar-refractivity contribution is -0.132. The Labute approximate surface area is 113 Å². The van der Waals surface area contributed by atoms with Gasteiger partial charge in [0, 0.05) is 0 Å². The quantitative estimate of drug-likeness (QED) is 0.878. The Kier molecular flexibility index (Phi) is 3.40. The molecule has 0 radical (unpaired) electrons. The predicted octanol–water partition coefficient (Wildman–Crippen LogP) is 0.638. The van der Waals surface area contributed by atoms with Crippen molar-refractivity contribution >= 4 is 15.9 Å². The molecule has 1 aromatic carbocycles. The van der Waals surface area contributed by atoms with Crippen LogP contribution in [0.2, 0.25) is 0 Å². The Balaban J connectivity index is 2.13. The molecule has 0 aliphatic carbocycles. The van der Waals surface area contributed by atoms with Crippen molar-refractivity contribution in [1.82, 2.24) is 4.31 Å². The standard InChI is InChI=1S/C13H18N2O3S/c1-13(2)12(16)15(19(13,17)18)9-11-5-3-10(4-6-11)7-8-14/h3-6H,7-9,14H2,1-2H3. The van der Waals surface area contributed by atoms with Gasteiger partial charge in [0.1, 0.15) is 0 Å². The van der Waals surface area contributed by atoms with E-state index >= 15 is 0 Å². The van der Waals surface area contributed by atoms with Crippen molar-refractivity contribution in [3.05, 3.63) is 35.4 Å². The number of hydrogen-bond acceptors (Lipinski definition) is 4. The molecule has 2 N–H and O–H groups in total. The van der Waals surface area contributed by atoms with Crippen molar-refractivity contribution in [2.45, 2.75) is 31.6 Å². The van der Waals surface area contributed by atoms with Gasteiger partial charge in [-0.05, 0) is 37.9 Å². The Hall–Kier alpha value is -1.40. The predicted molar refractivity (Wildman–Crippen MR) is 72.7 cm³/mol. The molecule has 6 heteroatoms. The fraction of sp³-hybridized carbons (Fsp3) is 0.462. The second-order valence-electron chi connectivity index (χ2n) is 5.18. The first kappa shape index (κ1) is 14.0. The Morgan fingerprint density at radius 3 is 2.16 bits per heavy atom. The maximum atomic E-state index is 11.9. The highest BCUT2D eigenvalue weighted by atomic mass is 32.2. The Morgan fingerprint density at radius 2 is 1.68 bits per heavy atom. The third kappa shape index (κ3) is 2.15. The second kappa shape index (κ2) is 4.61. The van der Waals surface area contributed by atoms with E-state index in [0.29, 0.717) is 6.54 Å². The number of carbonyl (C=O) groups is 1. The molecule has 19 heavy (non-hydrogen) atoms. The van der Waals surface area contributed by atoms with Crippen LogP contribution >= 0.6 is 0 Å². The summed E-state index contributed by atoms with van der Waals surface area (Å²) in [4.78, 5) is 11.8. The summed E-state index contributed by atoms with van der Waals surface area (Å²) in [6.45, 7) is 3.55. The monoisotopic (exact) mass is 282 g/mol. The molecule has 1 amide bonds. The van der Waals surface area contributed by atoms with Crippen LogP contribution in [-0.2, 0) is 27.8 Å². The number of nitrogens with zero attached hydrogens (tertiary/aromatic N) is 1. The number of nitrogens with two attached hydrogens (primary N) is 1. The average Bonchev–Trinajstić information content (AvgIpc) is 2.37. The topological polar surface area (TPSA) is 80.5 Å². The van der Waals surface area contributed by atoms with Crippen LogP contribution in [0.4, 0.5) is 0 Å². The maximum Gasteiger partial charge on any atom is 0.259 e. The number of carbonyl (C=O) groups excluding carboxylic acids is 1. The minimum Gasteiger partial charge on any atom is -0.330 e. The van der Waals surface area contributed by atoms with Crippen LogP contribution in [0.15, 0.2) is 24.3 Å². The van der Waals surface area contributed by atoms with Gasteiger partial charge in [-0.3, -0.25) is 4.79 Å². The molecule has 0 bridgehead atoms. The number of sulfonamides is 1. The zero-order chi connectivity index (χ0) is 14.3. The van der Waals surface area contributed by atoms with Gasteiger partial charge in [-0.2, -0.15) is 0 Å². The van der Waals surface area contributed by atoms with Crippen molar-refractivity contribution in [2.24, 2.45) is 5.73 Å². The van der Waals surface area contributed by atoms with Crippen molar-refractivity contribution in [1.29, 1.82) is 0 Å². The largest absolute Gasteiger partial charge is 0.330 e. The van der Waals surface area contributed by atoms with Crippen LogP contribution in [0.1, 0.15) is 25.0 Å². The van der Waals surface area contributed by atoms with Crippen LogP contribution in [0.25, 0.3) is 0 Å². The highest BCUT2D eigenvalue weighted by Gasteiger charge is 2.59. The molecule has 104 valence electrons. The normalized spacial score (nSPS) is 20.2. The van der Waals surface area contributed by atoms with Gasteiger partial charge in [0.05, 0.1) is 6.54 Å². The molecule has 1 aliphatic rings. The molecular formula is C13H18N2O3S. The summed E-state index contributed by atoms with van der Waals surface area (Å²) in [5, 5.41) is 0. The molecular weight excluding hydrogens is 264 g/mol. The van der Waals surface area contributed by atoms with Gasteiger partial charge in [0.25, 0.3) is 15.9 Å². The number of benzene rings is 1. The first-order chi connectivity index (χ1) is 8.80. The second-order valence-corrected chi connectivity index (χ2v) is 7.59. The van der Waals surface area contributed by atoms with Gasteiger partial charge in [0.2, 0.25) is 0 Å². The molecule has 0 saturated carbocycles. The van der Waals surface area contributed by atoms with E-state index < -0.39 is 14.8 Å².